The van der Waals surface area contributed by atoms with Crippen LogP contribution in [0.1, 0.15) is 12.7 Å². The number of carbonyl (C=O) groups is 2. The van der Waals surface area contributed by atoms with E-state index in [1.807, 2.05) is 12.1 Å². The maximum atomic E-state index is 12.7. The highest BCUT2D eigenvalue weighted by Gasteiger charge is 2.29. The predicted octanol–water partition coefficient (Wildman–Crippen LogP) is 4.07. The van der Waals surface area contributed by atoms with E-state index in [1.165, 1.54) is 18.2 Å². The van der Waals surface area contributed by atoms with E-state index in [4.69, 9.17) is 4.42 Å². The molecule has 2 aromatic rings. The van der Waals surface area contributed by atoms with Gasteiger partial charge >= 0.3 is 0 Å². The number of Topliss-reactive ketones (excluding diaryl/α,β-unsaturated/α-hetero) is 1. The molecule has 1 aliphatic heterocycles. The van der Waals surface area contributed by atoms with Gasteiger partial charge in [-0.05, 0) is 36.4 Å². The van der Waals surface area contributed by atoms with Gasteiger partial charge < -0.3 is 4.42 Å². The molecule has 1 aliphatic rings. The molecule has 0 atom stereocenters. The van der Waals surface area contributed by atoms with Crippen molar-refractivity contribution in [2.75, 3.05) is 5.01 Å². The standard InChI is InChI=1S/C16H11BrN2O3S/c1-10(20)15-18-19(12-6-4-11(17)5-7-12)16(21)14(23-15)9-13-3-2-8-22-13/h2-9H,1H3. The van der Waals surface area contributed by atoms with Crippen LogP contribution in [0, 0.1) is 0 Å². The Kier molecular flexibility index (Phi) is 4.49. The second-order valence-electron chi connectivity index (χ2n) is 4.68. The average molecular weight is 391 g/mol. The number of benzene rings is 1. The van der Waals surface area contributed by atoms with Crippen molar-refractivity contribution in [1.82, 2.24) is 0 Å². The molecule has 0 radical (unpaired) electrons. The van der Waals surface area contributed by atoms with E-state index >= 15 is 0 Å². The van der Waals surface area contributed by atoms with E-state index in [-0.39, 0.29) is 16.7 Å². The van der Waals surface area contributed by atoms with Gasteiger partial charge in [0.25, 0.3) is 5.91 Å². The Labute approximate surface area is 145 Å². The van der Waals surface area contributed by atoms with Crippen LogP contribution in [0.2, 0.25) is 0 Å². The first kappa shape index (κ1) is 15.8. The Morgan fingerprint density at radius 3 is 2.65 bits per heavy atom. The van der Waals surface area contributed by atoms with E-state index in [0.29, 0.717) is 16.4 Å². The molecule has 0 unspecified atom stereocenters. The number of halogens is 1. The molecule has 1 amide bonds. The summed E-state index contributed by atoms with van der Waals surface area (Å²) in [5, 5.41) is 5.65. The van der Waals surface area contributed by atoms with Gasteiger partial charge in [-0.3, -0.25) is 9.59 Å². The van der Waals surface area contributed by atoms with Crippen molar-refractivity contribution in [2.24, 2.45) is 5.10 Å². The van der Waals surface area contributed by atoms with Crippen LogP contribution in [0.15, 0.2) is 61.6 Å². The first-order valence-electron chi connectivity index (χ1n) is 6.67. The first-order chi connectivity index (χ1) is 11.0. The molecular weight excluding hydrogens is 380 g/mol. The largest absolute Gasteiger partial charge is 0.465 e. The molecule has 0 N–H and O–H groups in total. The van der Waals surface area contributed by atoms with Gasteiger partial charge in [-0.1, -0.05) is 27.7 Å². The molecule has 1 aromatic carbocycles. The van der Waals surface area contributed by atoms with Gasteiger partial charge in [0.15, 0.2) is 10.8 Å². The number of amides is 1. The van der Waals surface area contributed by atoms with E-state index in [1.54, 1.807) is 30.3 Å². The van der Waals surface area contributed by atoms with Gasteiger partial charge in [-0.25, -0.2) is 0 Å². The van der Waals surface area contributed by atoms with Crippen LogP contribution in [0.4, 0.5) is 5.69 Å². The summed E-state index contributed by atoms with van der Waals surface area (Å²) in [6.45, 7) is 1.42. The summed E-state index contributed by atoms with van der Waals surface area (Å²) in [6.07, 6.45) is 3.13. The van der Waals surface area contributed by atoms with Crippen molar-refractivity contribution < 1.29 is 14.0 Å². The maximum absolute atomic E-state index is 12.7. The summed E-state index contributed by atoms with van der Waals surface area (Å²) in [7, 11) is 0. The molecule has 5 nitrogen and oxygen atoms in total. The number of furan rings is 1. The molecule has 0 saturated heterocycles. The van der Waals surface area contributed by atoms with Gasteiger partial charge in [0.1, 0.15) is 5.76 Å². The molecular formula is C16H11BrN2O3S. The zero-order chi connectivity index (χ0) is 16.4. The monoisotopic (exact) mass is 390 g/mol. The van der Waals surface area contributed by atoms with Crippen molar-refractivity contribution in [3.05, 3.63) is 57.8 Å². The Morgan fingerprint density at radius 2 is 2.04 bits per heavy atom. The summed E-state index contributed by atoms with van der Waals surface area (Å²) >= 11 is 4.40. The molecule has 23 heavy (non-hydrogen) atoms. The zero-order valence-electron chi connectivity index (χ0n) is 12.0. The topological polar surface area (TPSA) is 62.9 Å². The Bertz CT molecular complexity index is 810. The zero-order valence-corrected chi connectivity index (χ0v) is 14.4. The number of hydrogen-bond acceptors (Lipinski definition) is 5. The highest BCUT2D eigenvalue weighted by atomic mass is 79.9. The molecule has 0 fully saturated rings. The average Bonchev–Trinajstić information content (AvgIpc) is 3.03. The summed E-state index contributed by atoms with van der Waals surface area (Å²) < 4.78 is 6.14. The fraction of sp³-hybridized carbons (Fsp3) is 0.0625. The van der Waals surface area contributed by atoms with E-state index in [2.05, 4.69) is 21.0 Å². The maximum Gasteiger partial charge on any atom is 0.285 e. The number of thioether (sulfide) groups is 1. The summed E-state index contributed by atoms with van der Waals surface area (Å²) in [5.41, 5.74) is 0.586. The van der Waals surface area contributed by atoms with Gasteiger partial charge in [0, 0.05) is 17.5 Å². The first-order valence-corrected chi connectivity index (χ1v) is 8.28. The van der Waals surface area contributed by atoms with Crippen molar-refractivity contribution in [2.45, 2.75) is 6.92 Å². The second kappa shape index (κ2) is 6.55. The normalized spacial score (nSPS) is 16.6. The summed E-state index contributed by atoms with van der Waals surface area (Å²) in [6, 6.07) is 10.6. The van der Waals surface area contributed by atoms with Crippen LogP contribution in [-0.4, -0.2) is 16.7 Å². The second-order valence-corrected chi connectivity index (χ2v) is 6.63. The number of carbonyl (C=O) groups excluding carboxylic acids is 2. The lowest BCUT2D eigenvalue weighted by molar-refractivity contribution is -0.114. The van der Waals surface area contributed by atoms with Gasteiger partial charge in [0.05, 0.1) is 16.9 Å². The minimum Gasteiger partial charge on any atom is -0.465 e. The van der Waals surface area contributed by atoms with Crippen molar-refractivity contribution >= 4 is 56.2 Å². The SMILES string of the molecule is CC(=O)C1=NN(c2ccc(Br)cc2)C(=O)C(=Cc2ccco2)S1. The lowest BCUT2D eigenvalue weighted by atomic mass is 10.3. The third-order valence-electron chi connectivity index (χ3n) is 2.99. The highest BCUT2D eigenvalue weighted by Crippen LogP contribution is 2.32. The van der Waals surface area contributed by atoms with Crippen LogP contribution in [0.3, 0.4) is 0 Å². The van der Waals surface area contributed by atoms with Crippen molar-refractivity contribution in [3.8, 4) is 0 Å². The molecule has 0 spiro atoms. The van der Waals surface area contributed by atoms with Gasteiger partial charge in [-0.15, -0.1) is 0 Å². The molecule has 0 aliphatic carbocycles. The van der Waals surface area contributed by atoms with E-state index in [9.17, 15) is 9.59 Å². The number of nitrogens with zero attached hydrogens (tertiary/aromatic N) is 2. The number of rotatable bonds is 3. The summed E-state index contributed by atoms with van der Waals surface area (Å²) in [5.74, 6) is 0.0371. The third kappa shape index (κ3) is 3.46. The molecule has 0 saturated carbocycles. The fourth-order valence-electron chi connectivity index (χ4n) is 1.90. The van der Waals surface area contributed by atoms with Gasteiger partial charge in [-0.2, -0.15) is 10.1 Å². The smallest absolute Gasteiger partial charge is 0.285 e. The van der Waals surface area contributed by atoms with Crippen molar-refractivity contribution in [3.63, 3.8) is 0 Å². The molecule has 2 heterocycles. The minimum absolute atomic E-state index is 0.199. The lowest BCUT2D eigenvalue weighted by Gasteiger charge is -2.23. The van der Waals surface area contributed by atoms with Crippen LogP contribution >= 0.6 is 27.7 Å². The van der Waals surface area contributed by atoms with Crippen LogP contribution < -0.4 is 5.01 Å². The minimum atomic E-state index is -0.307. The molecule has 0 bridgehead atoms. The fourth-order valence-corrected chi connectivity index (χ4v) is 2.99. The molecule has 116 valence electrons. The Morgan fingerprint density at radius 1 is 1.30 bits per heavy atom. The van der Waals surface area contributed by atoms with Crippen LogP contribution in [0.5, 0.6) is 0 Å². The number of hydrogen-bond donors (Lipinski definition) is 0. The number of hydrazone groups is 1. The van der Waals surface area contributed by atoms with Crippen LogP contribution in [0.25, 0.3) is 6.08 Å². The molecule has 3 rings (SSSR count). The Balaban J connectivity index is 2.03. The highest BCUT2D eigenvalue weighted by molar-refractivity contribution is 9.10. The lowest BCUT2D eigenvalue weighted by Crippen LogP contribution is -2.32. The third-order valence-corrected chi connectivity index (χ3v) is 4.59. The molecule has 7 heteroatoms. The number of anilines is 1. The Hall–Kier alpha value is -2.12. The van der Waals surface area contributed by atoms with E-state index < -0.39 is 0 Å². The van der Waals surface area contributed by atoms with E-state index in [0.717, 1.165) is 16.2 Å². The molecule has 1 aromatic heterocycles. The van der Waals surface area contributed by atoms with Crippen molar-refractivity contribution in [1.29, 1.82) is 0 Å². The number of ketones is 1. The predicted molar refractivity (Wildman–Crippen MR) is 94.0 cm³/mol. The summed E-state index contributed by atoms with van der Waals surface area (Å²) in [4.78, 5) is 24.8. The van der Waals surface area contributed by atoms with Gasteiger partial charge in [0.2, 0.25) is 0 Å². The quantitative estimate of drug-likeness (QED) is 0.741. The van der Waals surface area contributed by atoms with Crippen LogP contribution in [-0.2, 0) is 9.59 Å².